The highest BCUT2D eigenvalue weighted by atomic mass is 32.2. The Labute approximate surface area is 233 Å². The van der Waals surface area contributed by atoms with E-state index in [9.17, 15) is 18.0 Å². The van der Waals surface area contributed by atoms with Crippen molar-refractivity contribution in [2.75, 3.05) is 24.2 Å². The van der Waals surface area contributed by atoms with E-state index in [2.05, 4.69) is 30.6 Å². The van der Waals surface area contributed by atoms with Crippen LogP contribution >= 0.6 is 0 Å². The first kappa shape index (κ1) is 28.5. The molecule has 204 valence electrons. The summed E-state index contributed by atoms with van der Waals surface area (Å²) in [6.07, 6.45) is 1.56. The van der Waals surface area contributed by atoms with Gasteiger partial charge in [-0.25, -0.2) is 13.4 Å². The van der Waals surface area contributed by atoms with Crippen molar-refractivity contribution < 1.29 is 17.6 Å². The Balaban J connectivity index is 0.00000181. The van der Waals surface area contributed by atoms with Gasteiger partial charge in [-0.1, -0.05) is 25.7 Å². The zero-order chi connectivity index (χ0) is 29.0. The fraction of sp³-hybridized carbons (Fsp3) is 0.219. The number of carbonyl (C=O) groups excluding carboxylic acids is 1. The van der Waals surface area contributed by atoms with Gasteiger partial charge in [-0.3, -0.25) is 9.59 Å². The van der Waals surface area contributed by atoms with E-state index in [0.29, 0.717) is 50.7 Å². The molecule has 40 heavy (non-hydrogen) atoms. The SMILES string of the molecule is CC.CCN(CC)c1ccc2nc3c4cc(C#Cc5ccc(C=O)c(S(C)(=O)=O)c5)ccc4c(=O)cc-3oc2c1. The average Bonchev–Trinajstić information content (AvgIpc) is 2.96. The largest absolute Gasteiger partial charge is 0.453 e. The fourth-order valence-electron chi connectivity index (χ4n) is 4.50. The number of nitrogens with zero attached hydrogens (tertiary/aromatic N) is 2. The fourth-order valence-corrected chi connectivity index (χ4v) is 5.39. The van der Waals surface area contributed by atoms with Crippen molar-refractivity contribution in [2.45, 2.75) is 32.6 Å². The van der Waals surface area contributed by atoms with Gasteiger partial charge in [0.25, 0.3) is 0 Å². The van der Waals surface area contributed by atoms with Gasteiger partial charge in [-0.05, 0) is 62.4 Å². The molecule has 1 aliphatic heterocycles. The normalized spacial score (nSPS) is 11.0. The molecule has 3 aromatic rings. The van der Waals surface area contributed by atoms with Gasteiger partial charge in [0.05, 0.1) is 4.90 Å². The molecule has 0 amide bonds. The van der Waals surface area contributed by atoms with Crippen molar-refractivity contribution in [3.8, 4) is 23.3 Å². The number of fused-ring (bicyclic) bond motifs is 4. The van der Waals surface area contributed by atoms with Crippen molar-refractivity contribution in [3.63, 3.8) is 0 Å². The van der Waals surface area contributed by atoms with E-state index < -0.39 is 9.84 Å². The number of benzene rings is 4. The van der Waals surface area contributed by atoms with Gasteiger partial charge in [-0.15, -0.1) is 0 Å². The lowest BCUT2D eigenvalue weighted by atomic mass is 10.0. The maximum Gasteiger partial charge on any atom is 0.190 e. The van der Waals surface area contributed by atoms with Crippen LogP contribution in [0.15, 0.2) is 74.8 Å². The third-order valence-corrected chi connectivity index (χ3v) is 7.60. The Hall–Kier alpha value is -4.48. The Bertz CT molecular complexity index is 1930. The highest BCUT2D eigenvalue weighted by Crippen LogP contribution is 2.32. The molecule has 0 unspecified atom stereocenters. The van der Waals surface area contributed by atoms with Crippen molar-refractivity contribution in [1.29, 1.82) is 0 Å². The van der Waals surface area contributed by atoms with E-state index in [-0.39, 0.29) is 15.9 Å². The molecular formula is C32H30N2O5S. The molecule has 1 heterocycles. The van der Waals surface area contributed by atoms with Crippen LogP contribution in [0.1, 0.15) is 49.2 Å². The topological polar surface area (TPSA) is 97.5 Å². The minimum absolute atomic E-state index is 0.0679. The van der Waals surface area contributed by atoms with Gasteiger partial charge < -0.3 is 9.32 Å². The lowest BCUT2D eigenvalue weighted by molar-refractivity contribution is 0.112. The van der Waals surface area contributed by atoms with E-state index in [0.717, 1.165) is 25.0 Å². The van der Waals surface area contributed by atoms with E-state index in [1.807, 2.05) is 32.0 Å². The lowest BCUT2D eigenvalue weighted by Crippen LogP contribution is -2.21. The maximum absolute atomic E-state index is 12.9. The Morgan fingerprint density at radius 1 is 0.900 bits per heavy atom. The number of rotatable bonds is 5. The van der Waals surface area contributed by atoms with E-state index in [1.165, 1.54) is 18.2 Å². The van der Waals surface area contributed by atoms with Crippen molar-refractivity contribution in [3.05, 3.63) is 87.6 Å². The molecule has 7 nitrogen and oxygen atoms in total. The Morgan fingerprint density at radius 3 is 2.23 bits per heavy atom. The maximum atomic E-state index is 12.9. The number of carbonyl (C=O) groups is 1. The monoisotopic (exact) mass is 554 g/mol. The summed E-state index contributed by atoms with van der Waals surface area (Å²) in [7, 11) is -3.59. The molecule has 0 fully saturated rings. The van der Waals surface area contributed by atoms with E-state index in [1.54, 1.807) is 24.3 Å². The first-order valence-corrected chi connectivity index (χ1v) is 15.0. The van der Waals surface area contributed by atoms with Crippen LogP contribution in [0.5, 0.6) is 0 Å². The second-order valence-electron chi connectivity index (χ2n) is 8.91. The van der Waals surface area contributed by atoms with Gasteiger partial charge in [0.2, 0.25) is 0 Å². The molecule has 0 atom stereocenters. The minimum atomic E-state index is -3.59. The molecular weight excluding hydrogens is 524 g/mol. The number of hydrogen-bond acceptors (Lipinski definition) is 7. The van der Waals surface area contributed by atoms with Crippen LogP contribution in [0.4, 0.5) is 5.69 Å². The summed E-state index contributed by atoms with van der Waals surface area (Å²) < 4.78 is 30.3. The summed E-state index contributed by atoms with van der Waals surface area (Å²) in [6.45, 7) is 9.90. The van der Waals surface area contributed by atoms with Crippen LogP contribution in [0.25, 0.3) is 33.3 Å². The van der Waals surface area contributed by atoms with Gasteiger partial charge in [0, 0.05) is 64.6 Å². The molecule has 5 rings (SSSR count). The van der Waals surface area contributed by atoms with Crippen LogP contribution < -0.4 is 10.3 Å². The summed E-state index contributed by atoms with van der Waals surface area (Å²) in [4.78, 5) is 31.1. The molecule has 2 aliphatic rings. The zero-order valence-corrected chi connectivity index (χ0v) is 23.9. The van der Waals surface area contributed by atoms with Crippen LogP contribution in [-0.2, 0) is 9.84 Å². The van der Waals surface area contributed by atoms with Crippen molar-refractivity contribution >= 4 is 43.7 Å². The predicted molar refractivity (Wildman–Crippen MR) is 160 cm³/mol. The molecule has 0 bridgehead atoms. The first-order chi connectivity index (χ1) is 19.2. The Morgan fingerprint density at radius 2 is 1.57 bits per heavy atom. The van der Waals surface area contributed by atoms with Crippen molar-refractivity contribution in [1.82, 2.24) is 4.98 Å². The van der Waals surface area contributed by atoms with Crippen LogP contribution in [-0.4, -0.2) is 39.0 Å². The van der Waals surface area contributed by atoms with Gasteiger partial charge in [0.1, 0.15) is 11.2 Å². The van der Waals surface area contributed by atoms with Crippen LogP contribution in [0.2, 0.25) is 0 Å². The van der Waals surface area contributed by atoms with E-state index in [4.69, 9.17) is 9.40 Å². The first-order valence-electron chi connectivity index (χ1n) is 13.1. The standard InChI is InChI=1S/C30H24N2O5S.C2H6/c1-4-32(5-2)22-11-13-25-27(16-22)37-28-17-26(34)23-12-9-19(14-24(23)30(28)31-25)6-7-20-8-10-21(18-33)29(15-20)38(3,35)36;1-2/h8-18H,4-5H2,1-3H3;1-2H3. The number of anilines is 1. The highest BCUT2D eigenvalue weighted by molar-refractivity contribution is 7.90. The number of aldehydes is 1. The summed E-state index contributed by atoms with van der Waals surface area (Å²) in [5, 5.41) is 1.12. The molecule has 0 saturated carbocycles. The third-order valence-electron chi connectivity index (χ3n) is 6.45. The second kappa shape index (κ2) is 11.7. The molecule has 0 N–H and O–H groups in total. The molecule has 8 heteroatoms. The zero-order valence-electron chi connectivity index (χ0n) is 23.1. The quantitative estimate of drug-likeness (QED) is 0.115. The predicted octanol–water partition coefficient (Wildman–Crippen LogP) is 5.93. The van der Waals surface area contributed by atoms with Crippen LogP contribution in [0.3, 0.4) is 0 Å². The number of hydrogen-bond donors (Lipinski definition) is 0. The molecule has 0 aromatic heterocycles. The molecule has 3 aromatic carbocycles. The summed E-state index contributed by atoms with van der Waals surface area (Å²) in [5.74, 6) is 6.36. The van der Waals surface area contributed by atoms with E-state index >= 15 is 0 Å². The van der Waals surface area contributed by atoms with Crippen LogP contribution in [0, 0.1) is 11.8 Å². The summed E-state index contributed by atoms with van der Waals surface area (Å²) in [5.41, 5.74) is 3.81. The number of sulfone groups is 1. The second-order valence-corrected chi connectivity index (χ2v) is 10.9. The van der Waals surface area contributed by atoms with Gasteiger partial charge in [0.15, 0.2) is 32.9 Å². The summed E-state index contributed by atoms with van der Waals surface area (Å²) >= 11 is 0. The third kappa shape index (κ3) is 5.61. The number of aromatic nitrogens is 1. The minimum Gasteiger partial charge on any atom is -0.453 e. The summed E-state index contributed by atoms with van der Waals surface area (Å²) in [6, 6.07) is 16.9. The smallest absolute Gasteiger partial charge is 0.190 e. The average molecular weight is 555 g/mol. The lowest BCUT2D eigenvalue weighted by Gasteiger charge is -2.21. The highest BCUT2D eigenvalue weighted by Gasteiger charge is 2.17. The Kier molecular flexibility index (Phi) is 8.36. The molecule has 1 aliphatic carbocycles. The molecule has 0 radical (unpaired) electrons. The molecule has 0 saturated heterocycles. The molecule has 0 spiro atoms. The van der Waals surface area contributed by atoms with Gasteiger partial charge in [-0.2, -0.15) is 0 Å². The van der Waals surface area contributed by atoms with Crippen molar-refractivity contribution in [2.24, 2.45) is 0 Å². The van der Waals surface area contributed by atoms with Gasteiger partial charge >= 0.3 is 0 Å².